The molecule has 0 saturated heterocycles. The number of anilines is 1. The van der Waals surface area contributed by atoms with E-state index in [0.717, 1.165) is 0 Å². The molecule has 0 amide bonds. The normalized spacial score (nSPS) is 15.6. The highest BCUT2D eigenvalue weighted by Gasteiger charge is 2.38. The molecule has 9 heteroatoms. The number of aromatic nitrogens is 4. The molecule has 28 heavy (non-hydrogen) atoms. The Kier molecular flexibility index (Phi) is 4.40. The average molecular weight is 379 g/mol. The monoisotopic (exact) mass is 379 g/mol. The summed E-state index contributed by atoms with van der Waals surface area (Å²) < 4.78 is 19.7. The number of allylic oxidation sites excluding steroid dienone is 1. The fourth-order valence-electron chi connectivity index (χ4n) is 3.09. The molecule has 3 aromatic rings. The lowest BCUT2D eigenvalue weighted by Gasteiger charge is -2.28. The van der Waals surface area contributed by atoms with Gasteiger partial charge in [-0.15, -0.1) is 0 Å². The summed E-state index contributed by atoms with van der Waals surface area (Å²) in [6.07, 6.45) is 0. The molecule has 140 valence electrons. The smallest absolute Gasteiger partial charge is 0.355 e. The molecule has 0 bridgehead atoms. The molecule has 0 aliphatic carbocycles. The maximum Gasteiger partial charge on any atom is 0.355 e. The number of tetrazole rings is 1. The molecule has 1 aliphatic heterocycles. The van der Waals surface area contributed by atoms with Gasteiger partial charge in [0.25, 0.3) is 0 Å². The lowest BCUT2D eigenvalue weighted by atomic mass is 9.89. The molecule has 0 fully saturated rings. The standard InChI is InChI=1S/C19H14FN5O3/c1-28-18(27)15-14(17(26)12-5-3-2-4-6-12)16(11-7-9-13(20)10-8-11)25-19(21-15)22-23-24-25/h2-10,16H,1H3,(H,21,22,24). The predicted octanol–water partition coefficient (Wildman–Crippen LogP) is 2.14. The van der Waals surface area contributed by atoms with Gasteiger partial charge < -0.3 is 10.1 Å². The Morgan fingerprint density at radius 2 is 1.82 bits per heavy atom. The maximum atomic E-state index is 13.5. The number of nitrogens with one attached hydrogen (secondary N) is 1. The van der Waals surface area contributed by atoms with E-state index in [1.54, 1.807) is 30.3 Å². The van der Waals surface area contributed by atoms with Crippen LogP contribution >= 0.6 is 0 Å². The van der Waals surface area contributed by atoms with Gasteiger partial charge in [0.05, 0.1) is 12.7 Å². The zero-order chi connectivity index (χ0) is 19.7. The van der Waals surface area contributed by atoms with Crippen molar-refractivity contribution in [2.75, 3.05) is 12.4 Å². The van der Waals surface area contributed by atoms with Gasteiger partial charge >= 0.3 is 5.97 Å². The van der Waals surface area contributed by atoms with Crippen LogP contribution in [0.5, 0.6) is 0 Å². The number of fused-ring (bicyclic) bond motifs is 1. The summed E-state index contributed by atoms with van der Waals surface area (Å²) in [5.41, 5.74) is 0.957. The number of benzene rings is 2. The van der Waals surface area contributed by atoms with Gasteiger partial charge in [-0.25, -0.2) is 9.18 Å². The second kappa shape index (κ2) is 7.03. The number of esters is 1. The number of methoxy groups -OCH3 is 1. The zero-order valence-electron chi connectivity index (χ0n) is 14.7. The van der Waals surface area contributed by atoms with E-state index in [1.807, 2.05) is 0 Å². The summed E-state index contributed by atoms with van der Waals surface area (Å²) in [4.78, 5) is 25.8. The molecule has 0 saturated carbocycles. The van der Waals surface area contributed by atoms with E-state index < -0.39 is 23.6 Å². The molecule has 0 radical (unpaired) electrons. The lowest BCUT2D eigenvalue weighted by Crippen LogP contribution is -2.32. The molecule has 2 aromatic carbocycles. The fraction of sp³-hybridized carbons (Fsp3) is 0.105. The Morgan fingerprint density at radius 1 is 1.11 bits per heavy atom. The van der Waals surface area contributed by atoms with Crippen LogP contribution in [0.2, 0.25) is 0 Å². The summed E-state index contributed by atoms with van der Waals surface area (Å²) in [6, 6.07) is 13.2. The largest absolute Gasteiger partial charge is 0.464 e. The first-order chi connectivity index (χ1) is 13.6. The van der Waals surface area contributed by atoms with E-state index in [4.69, 9.17) is 4.74 Å². The molecule has 8 nitrogen and oxygen atoms in total. The summed E-state index contributed by atoms with van der Waals surface area (Å²) in [6.45, 7) is 0. The summed E-state index contributed by atoms with van der Waals surface area (Å²) in [7, 11) is 1.21. The Bertz CT molecular complexity index is 1080. The number of carbonyl (C=O) groups is 2. The number of Topliss-reactive ketones (excluding diaryl/α,β-unsaturated/α-hetero) is 1. The second-order valence-electron chi connectivity index (χ2n) is 6.00. The number of nitrogens with zero attached hydrogens (tertiary/aromatic N) is 4. The van der Waals surface area contributed by atoms with Gasteiger partial charge in [-0.3, -0.25) is 4.79 Å². The van der Waals surface area contributed by atoms with Crippen molar-refractivity contribution in [3.8, 4) is 0 Å². The number of ether oxygens (including phenoxy) is 1. The van der Waals surface area contributed by atoms with Crippen molar-refractivity contribution in [2.45, 2.75) is 6.04 Å². The molecule has 2 heterocycles. The molecule has 1 aliphatic rings. The molecule has 1 aromatic heterocycles. The minimum atomic E-state index is -0.839. The third-order valence-corrected chi connectivity index (χ3v) is 4.37. The van der Waals surface area contributed by atoms with Crippen LogP contribution in [0.15, 0.2) is 65.9 Å². The first-order valence-electron chi connectivity index (χ1n) is 8.32. The van der Waals surface area contributed by atoms with Crippen molar-refractivity contribution in [2.24, 2.45) is 0 Å². The van der Waals surface area contributed by atoms with Crippen molar-refractivity contribution in [3.05, 3.63) is 82.8 Å². The Morgan fingerprint density at radius 3 is 2.50 bits per heavy atom. The minimum absolute atomic E-state index is 0.0621. The van der Waals surface area contributed by atoms with Gasteiger partial charge in [0, 0.05) is 5.56 Å². The van der Waals surface area contributed by atoms with Gasteiger partial charge in [0.1, 0.15) is 17.6 Å². The molecule has 0 spiro atoms. The van der Waals surface area contributed by atoms with E-state index in [0.29, 0.717) is 11.1 Å². The number of hydrogen-bond acceptors (Lipinski definition) is 7. The maximum absolute atomic E-state index is 13.5. The zero-order valence-corrected chi connectivity index (χ0v) is 14.7. The van der Waals surface area contributed by atoms with Crippen LogP contribution < -0.4 is 5.32 Å². The topological polar surface area (TPSA) is 99.0 Å². The predicted molar refractivity (Wildman–Crippen MR) is 95.8 cm³/mol. The SMILES string of the molecule is COC(=O)C1=C(C(=O)c2ccccc2)C(c2ccc(F)cc2)n2nnnc2N1. The first-order valence-corrected chi connectivity index (χ1v) is 8.32. The third kappa shape index (κ3) is 2.92. The number of carbonyl (C=O) groups excluding carboxylic acids is 2. The third-order valence-electron chi connectivity index (χ3n) is 4.37. The van der Waals surface area contributed by atoms with Gasteiger partial charge in [-0.1, -0.05) is 47.6 Å². The first kappa shape index (κ1) is 17.5. The van der Waals surface area contributed by atoms with Gasteiger partial charge in [0.15, 0.2) is 5.78 Å². The number of rotatable bonds is 4. The minimum Gasteiger partial charge on any atom is -0.464 e. The molecular formula is C19H14FN5O3. The number of hydrogen-bond donors (Lipinski definition) is 1. The second-order valence-corrected chi connectivity index (χ2v) is 6.00. The van der Waals surface area contributed by atoms with Crippen molar-refractivity contribution in [1.29, 1.82) is 0 Å². The Balaban J connectivity index is 1.95. The van der Waals surface area contributed by atoms with Crippen LogP contribution in [0.25, 0.3) is 0 Å². The van der Waals surface area contributed by atoms with Gasteiger partial charge in [-0.05, 0) is 28.1 Å². The van der Waals surface area contributed by atoms with Crippen LogP contribution in [0.4, 0.5) is 10.3 Å². The number of halogens is 1. The van der Waals surface area contributed by atoms with Crippen LogP contribution in [-0.2, 0) is 9.53 Å². The van der Waals surface area contributed by atoms with Crippen LogP contribution in [0.3, 0.4) is 0 Å². The number of ketones is 1. The van der Waals surface area contributed by atoms with Crippen LogP contribution in [0.1, 0.15) is 22.0 Å². The molecular weight excluding hydrogens is 365 g/mol. The summed E-state index contributed by atoms with van der Waals surface area (Å²) >= 11 is 0. The van der Waals surface area contributed by atoms with Crippen molar-refractivity contribution < 1.29 is 18.7 Å². The quantitative estimate of drug-likeness (QED) is 0.548. The fourth-order valence-corrected chi connectivity index (χ4v) is 3.09. The highest BCUT2D eigenvalue weighted by molar-refractivity contribution is 6.14. The Hall–Kier alpha value is -3.88. The Labute approximate surface area is 158 Å². The molecule has 4 rings (SSSR count). The van der Waals surface area contributed by atoms with Crippen molar-refractivity contribution in [1.82, 2.24) is 20.2 Å². The van der Waals surface area contributed by atoms with Gasteiger partial charge in [-0.2, -0.15) is 4.68 Å². The van der Waals surface area contributed by atoms with Crippen molar-refractivity contribution >= 4 is 17.7 Å². The molecule has 1 atom stereocenters. The van der Waals surface area contributed by atoms with E-state index in [1.165, 1.54) is 36.1 Å². The summed E-state index contributed by atoms with van der Waals surface area (Å²) in [5.74, 6) is -1.40. The van der Waals surface area contributed by atoms with E-state index in [2.05, 4.69) is 20.8 Å². The van der Waals surface area contributed by atoms with Crippen LogP contribution in [0, 0.1) is 5.82 Å². The average Bonchev–Trinajstić information content (AvgIpc) is 3.21. The van der Waals surface area contributed by atoms with Crippen molar-refractivity contribution in [3.63, 3.8) is 0 Å². The van der Waals surface area contributed by atoms with Crippen LogP contribution in [-0.4, -0.2) is 39.1 Å². The van der Waals surface area contributed by atoms with Gasteiger partial charge in [0.2, 0.25) is 5.95 Å². The molecule has 1 unspecified atom stereocenters. The van der Waals surface area contributed by atoms with E-state index in [-0.39, 0.29) is 17.2 Å². The summed E-state index contributed by atoms with van der Waals surface area (Å²) in [5, 5.41) is 14.2. The molecule has 1 N–H and O–H groups in total. The lowest BCUT2D eigenvalue weighted by molar-refractivity contribution is -0.136. The highest BCUT2D eigenvalue weighted by atomic mass is 19.1. The van der Waals surface area contributed by atoms with E-state index >= 15 is 0 Å². The van der Waals surface area contributed by atoms with E-state index in [9.17, 15) is 14.0 Å². The highest BCUT2D eigenvalue weighted by Crippen LogP contribution is 2.36.